The van der Waals surface area contributed by atoms with E-state index in [1.54, 1.807) is 12.1 Å². The van der Waals surface area contributed by atoms with Crippen molar-refractivity contribution in [1.82, 2.24) is 0 Å². The van der Waals surface area contributed by atoms with Gasteiger partial charge in [0.15, 0.2) is 0 Å². The Labute approximate surface area is 199 Å². The van der Waals surface area contributed by atoms with Crippen LogP contribution in [0.15, 0.2) is 29.2 Å². The molecular formula is C10H21NNa3O6PS. The van der Waals surface area contributed by atoms with Crippen LogP contribution in [0.1, 0.15) is 0 Å². The molecule has 22 heavy (non-hydrogen) atoms. The van der Waals surface area contributed by atoms with Gasteiger partial charge >= 0.3 is 88.7 Å². The third kappa shape index (κ3) is 13.7. The molecule has 0 aliphatic carbocycles. The van der Waals surface area contributed by atoms with Crippen molar-refractivity contribution in [2.24, 2.45) is 5.73 Å². The van der Waals surface area contributed by atoms with E-state index in [9.17, 15) is 8.42 Å². The van der Waals surface area contributed by atoms with Crippen molar-refractivity contribution in [2.45, 2.75) is 10.4 Å². The fraction of sp³-hybridized carbons (Fsp3) is 0.400. The first-order valence-electron chi connectivity index (χ1n) is 5.13. The average Bonchev–Trinajstić information content (AvgIpc) is 2.38. The van der Waals surface area contributed by atoms with E-state index in [1.807, 2.05) is 0 Å². The van der Waals surface area contributed by atoms with Gasteiger partial charge in [-0.25, -0.2) is 0 Å². The van der Waals surface area contributed by atoms with Gasteiger partial charge in [-0.15, -0.1) is 9.24 Å². The Hall–Kier alpha value is 2.40. The molecular weight excluding hydrogens is 362 g/mol. The van der Waals surface area contributed by atoms with Crippen molar-refractivity contribution in [3.63, 3.8) is 0 Å². The second-order valence-corrected chi connectivity index (χ2v) is 5.97. The maximum absolute atomic E-state index is 10.5. The number of hydrogen-bond acceptors (Lipinski definition) is 6. The van der Waals surface area contributed by atoms with Crippen LogP contribution in [0.25, 0.3) is 0 Å². The van der Waals surface area contributed by atoms with E-state index >= 15 is 0 Å². The molecule has 1 unspecified atom stereocenters. The molecule has 1 rings (SSSR count). The van der Waals surface area contributed by atoms with Crippen LogP contribution in [0.3, 0.4) is 0 Å². The van der Waals surface area contributed by atoms with Crippen molar-refractivity contribution in [2.75, 3.05) is 19.8 Å². The molecule has 6 N–H and O–H groups in total. The molecule has 0 aliphatic heterocycles. The van der Waals surface area contributed by atoms with Crippen LogP contribution in [0, 0.1) is 0 Å². The molecule has 12 heteroatoms. The van der Waals surface area contributed by atoms with Gasteiger partial charge in [-0.05, 0) is 17.4 Å². The van der Waals surface area contributed by atoms with Crippen LogP contribution < -0.4 is 11.0 Å². The number of nitrogens with two attached hydrogens (primary N) is 1. The molecule has 0 aromatic heterocycles. The Kier molecular flexibility index (Phi) is 22.8. The Morgan fingerprint density at radius 2 is 1.45 bits per heavy atom. The van der Waals surface area contributed by atoms with Gasteiger partial charge in [-0.2, -0.15) is 8.42 Å². The fourth-order valence-electron chi connectivity index (χ4n) is 0.825. The fourth-order valence-corrected chi connectivity index (χ4v) is 1.77. The molecule has 0 bridgehead atoms. The van der Waals surface area contributed by atoms with E-state index in [0.717, 1.165) is 5.30 Å². The standard InChI is InChI=1S/C6H7O3PS.C4H11NO3.3Na.3H/c7-11(8,9)6-3-1-2-5(10)4-6;5-4(1-6,2-7)3-8;;;;;;/h1-4H,10H2,(H,7,8,9);6-8H,1-3,5H2;;;;;;. The predicted octanol–water partition coefficient (Wildman–Crippen LogP) is -3.85. The zero-order valence-corrected chi connectivity index (χ0v) is 12.1. The Bertz CT molecular complexity index is 493. The summed E-state index contributed by atoms with van der Waals surface area (Å²) in [6.07, 6.45) is 0. The Balaban J connectivity index is -0.000000135. The molecule has 0 amide bonds. The molecule has 0 fully saturated rings. The molecule has 116 valence electrons. The maximum atomic E-state index is 10.5. The molecule has 7 nitrogen and oxygen atoms in total. The normalized spacial score (nSPS) is 10.1. The van der Waals surface area contributed by atoms with E-state index in [4.69, 9.17) is 25.6 Å². The summed E-state index contributed by atoms with van der Waals surface area (Å²) in [7, 11) is -1.69. The van der Waals surface area contributed by atoms with E-state index < -0.39 is 35.5 Å². The van der Waals surface area contributed by atoms with Crippen LogP contribution in [0.2, 0.25) is 0 Å². The minimum atomic E-state index is -4.04. The van der Waals surface area contributed by atoms with E-state index in [0.29, 0.717) is 0 Å². The van der Waals surface area contributed by atoms with Gasteiger partial charge in [0, 0.05) is 0 Å². The molecule has 0 spiro atoms. The summed E-state index contributed by atoms with van der Waals surface area (Å²) in [4.78, 5) is -0.0787. The van der Waals surface area contributed by atoms with Crippen molar-refractivity contribution < 1.29 is 28.3 Å². The van der Waals surface area contributed by atoms with Gasteiger partial charge in [-0.3, -0.25) is 4.55 Å². The Morgan fingerprint density at radius 3 is 1.64 bits per heavy atom. The Morgan fingerprint density at radius 1 is 1.05 bits per heavy atom. The second-order valence-electron chi connectivity index (χ2n) is 3.88. The second kappa shape index (κ2) is 15.6. The van der Waals surface area contributed by atoms with Crippen molar-refractivity contribution >= 4 is 113 Å². The van der Waals surface area contributed by atoms with Crippen LogP contribution in [0.5, 0.6) is 0 Å². The summed E-state index contributed by atoms with van der Waals surface area (Å²) >= 11 is 0. The summed E-state index contributed by atoms with van der Waals surface area (Å²) in [5.41, 5.74) is 3.94. The number of benzene rings is 1. The molecule has 1 atom stereocenters. The van der Waals surface area contributed by atoms with E-state index in [-0.39, 0.29) is 93.6 Å². The van der Waals surface area contributed by atoms with Gasteiger partial charge in [0.25, 0.3) is 10.1 Å². The van der Waals surface area contributed by atoms with Crippen molar-refractivity contribution in [3.8, 4) is 0 Å². The number of aliphatic hydroxyl groups excluding tert-OH is 3. The average molecular weight is 383 g/mol. The van der Waals surface area contributed by atoms with Crippen LogP contribution in [-0.2, 0) is 10.1 Å². The van der Waals surface area contributed by atoms with Gasteiger partial charge in [0.2, 0.25) is 0 Å². The van der Waals surface area contributed by atoms with Gasteiger partial charge in [0.1, 0.15) is 0 Å². The zero-order chi connectivity index (χ0) is 15.1. The third-order valence-corrected chi connectivity index (χ3v) is 3.31. The first kappa shape index (κ1) is 32.1. The molecule has 0 heterocycles. The summed E-state index contributed by atoms with van der Waals surface area (Å²) in [5, 5.41) is 25.7. The van der Waals surface area contributed by atoms with Gasteiger partial charge in [-0.1, -0.05) is 12.1 Å². The molecule has 1 aromatic carbocycles. The molecule has 0 saturated heterocycles. The van der Waals surface area contributed by atoms with E-state index in [1.165, 1.54) is 12.1 Å². The molecule has 0 saturated carbocycles. The third-order valence-electron chi connectivity index (χ3n) is 2.10. The molecule has 0 radical (unpaired) electrons. The predicted molar refractivity (Wildman–Crippen MR) is 95.2 cm³/mol. The van der Waals surface area contributed by atoms with Crippen molar-refractivity contribution in [1.29, 1.82) is 0 Å². The monoisotopic (exact) mass is 383 g/mol. The quantitative estimate of drug-likeness (QED) is 0.204. The summed E-state index contributed by atoms with van der Waals surface area (Å²) < 4.78 is 29.6. The first-order chi connectivity index (χ1) is 8.68. The summed E-state index contributed by atoms with van der Waals surface area (Å²) in [6.45, 7) is -1.21. The van der Waals surface area contributed by atoms with Gasteiger partial charge < -0.3 is 21.1 Å². The number of aliphatic hydroxyl groups is 3. The minimum absolute atomic E-state index is 0. The zero-order valence-electron chi connectivity index (χ0n) is 10.1. The van der Waals surface area contributed by atoms with Crippen LogP contribution in [-0.4, -0.2) is 142 Å². The van der Waals surface area contributed by atoms with E-state index in [2.05, 4.69) is 9.24 Å². The van der Waals surface area contributed by atoms with Gasteiger partial charge in [0.05, 0.1) is 30.3 Å². The number of rotatable bonds is 4. The summed E-state index contributed by atoms with van der Waals surface area (Å²) in [6, 6.07) is 5.99. The van der Waals surface area contributed by atoms with Crippen LogP contribution in [0.4, 0.5) is 0 Å². The SMILES string of the molecule is NC(CO)(CO)CO.O=S(=O)(O)c1cccc(P)c1.[NaH].[NaH].[NaH]. The molecule has 0 aliphatic rings. The first-order valence-corrected chi connectivity index (χ1v) is 7.15. The molecule has 1 aromatic rings. The summed E-state index contributed by atoms with van der Waals surface area (Å²) in [5.74, 6) is 0. The van der Waals surface area contributed by atoms with Crippen LogP contribution >= 0.6 is 9.24 Å². The van der Waals surface area contributed by atoms with Crippen molar-refractivity contribution in [3.05, 3.63) is 24.3 Å². The number of hydrogen-bond donors (Lipinski definition) is 5. The topological polar surface area (TPSA) is 141 Å².